The fourth-order valence-corrected chi connectivity index (χ4v) is 4.11. The maximum absolute atomic E-state index is 12.3. The van der Waals surface area contributed by atoms with Gasteiger partial charge in [-0.25, -0.2) is 0 Å². The Kier molecular flexibility index (Phi) is 4.03. The molecule has 20 heavy (non-hydrogen) atoms. The predicted molar refractivity (Wildman–Crippen MR) is 83.6 cm³/mol. The number of amides is 1. The highest BCUT2D eigenvalue weighted by Crippen LogP contribution is 2.31. The van der Waals surface area contributed by atoms with Crippen molar-refractivity contribution in [1.29, 1.82) is 0 Å². The van der Waals surface area contributed by atoms with Gasteiger partial charge >= 0.3 is 0 Å². The molecule has 1 aliphatic carbocycles. The van der Waals surface area contributed by atoms with Crippen molar-refractivity contribution in [3.05, 3.63) is 35.2 Å². The largest absolute Gasteiger partial charge is 0.352 e. The second-order valence-corrected chi connectivity index (χ2v) is 6.42. The first kappa shape index (κ1) is 13.6. The van der Waals surface area contributed by atoms with Crippen LogP contribution in [-0.2, 0) is 11.3 Å². The molecule has 1 amide bonds. The van der Waals surface area contributed by atoms with Gasteiger partial charge in [-0.3, -0.25) is 4.79 Å². The van der Waals surface area contributed by atoms with Gasteiger partial charge in [0.15, 0.2) is 0 Å². The Morgan fingerprint density at radius 1 is 1.35 bits per heavy atom. The minimum absolute atomic E-state index is 0.116. The summed E-state index contributed by atoms with van der Waals surface area (Å²) >= 11 is 1.73. The van der Waals surface area contributed by atoms with Crippen LogP contribution in [0.1, 0.15) is 24.8 Å². The molecule has 0 bridgehead atoms. The van der Waals surface area contributed by atoms with Crippen LogP contribution in [-0.4, -0.2) is 12.5 Å². The summed E-state index contributed by atoms with van der Waals surface area (Å²) in [7, 11) is 0. The standard InChI is InChI=1S/C16H20N2OS/c17-8-11-4-3-6-14(11)16(19)18-9-12-10-20-15-7-2-1-5-13(12)15/h1-2,5,7,10-11,14H,3-4,6,8-9,17H2,(H,18,19)/t11-,14-/m1/s1. The third-order valence-corrected chi connectivity index (χ3v) is 5.33. The number of carbonyl (C=O) groups excluding carboxylic acids is 1. The van der Waals surface area contributed by atoms with Crippen molar-refractivity contribution < 1.29 is 4.79 Å². The summed E-state index contributed by atoms with van der Waals surface area (Å²) in [6, 6.07) is 8.33. The molecular formula is C16H20N2OS. The maximum Gasteiger partial charge on any atom is 0.223 e. The van der Waals surface area contributed by atoms with Gasteiger partial charge < -0.3 is 11.1 Å². The fraction of sp³-hybridized carbons (Fsp3) is 0.438. The van der Waals surface area contributed by atoms with Gasteiger partial charge in [-0.05, 0) is 47.7 Å². The maximum atomic E-state index is 12.3. The van der Waals surface area contributed by atoms with Gasteiger partial charge in [-0.1, -0.05) is 24.6 Å². The van der Waals surface area contributed by atoms with Crippen molar-refractivity contribution in [2.75, 3.05) is 6.54 Å². The monoisotopic (exact) mass is 288 g/mol. The van der Waals surface area contributed by atoms with Gasteiger partial charge in [0.1, 0.15) is 0 Å². The van der Waals surface area contributed by atoms with Gasteiger partial charge in [0, 0.05) is 17.2 Å². The third-order valence-electron chi connectivity index (χ3n) is 4.31. The Hall–Kier alpha value is -1.39. The number of hydrogen-bond donors (Lipinski definition) is 2. The second kappa shape index (κ2) is 5.94. The molecule has 0 spiro atoms. The van der Waals surface area contributed by atoms with Crippen LogP contribution in [0.4, 0.5) is 0 Å². The molecule has 1 fully saturated rings. The van der Waals surface area contributed by atoms with E-state index in [2.05, 4.69) is 22.8 Å². The first-order valence-electron chi connectivity index (χ1n) is 7.22. The van der Waals surface area contributed by atoms with E-state index in [1.807, 2.05) is 12.1 Å². The molecule has 3 nitrogen and oxygen atoms in total. The average Bonchev–Trinajstić information content (AvgIpc) is 3.11. The molecule has 3 rings (SSSR count). The van der Waals surface area contributed by atoms with Crippen molar-refractivity contribution in [3.63, 3.8) is 0 Å². The molecule has 3 N–H and O–H groups in total. The molecule has 2 aromatic rings. The minimum Gasteiger partial charge on any atom is -0.352 e. The van der Waals surface area contributed by atoms with Gasteiger partial charge in [0.2, 0.25) is 5.91 Å². The number of nitrogens with two attached hydrogens (primary N) is 1. The Labute approximate surface area is 123 Å². The smallest absolute Gasteiger partial charge is 0.223 e. The molecule has 4 heteroatoms. The summed E-state index contributed by atoms with van der Waals surface area (Å²) in [5, 5.41) is 6.48. The lowest BCUT2D eigenvalue weighted by Crippen LogP contribution is -2.34. The number of rotatable bonds is 4. The Balaban J connectivity index is 1.66. The van der Waals surface area contributed by atoms with Crippen LogP contribution in [0, 0.1) is 11.8 Å². The minimum atomic E-state index is 0.116. The molecule has 0 radical (unpaired) electrons. The van der Waals surface area contributed by atoms with Gasteiger partial charge in [0.25, 0.3) is 0 Å². The Morgan fingerprint density at radius 3 is 3.05 bits per heavy atom. The lowest BCUT2D eigenvalue weighted by Gasteiger charge is -2.17. The highest BCUT2D eigenvalue weighted by Gasteiger charge is 2.31. The zero-order valence-electron chi connectivity index (χ0n) is 11.5. The number of benzene rings is 1. The van der Waals surface area contributed by atoms with E-state index in [1.54, 1.807) is 11.3 Å². The fourth-order valence-electron chi connectivity index (χ4n) is 3.15. The molecule has 2 atom stereocenters. The van der Waals surface area contributed by atoms with Crippen LogP contribution in [0.3, 0.4) is 0 Å². The van der Waals surface area contributed by atoms with E-state index >= 15 is 0 Å². The summed E-state index contributed by atoms with van der Waals surface area (Å²) in [6.45, 7) is 1.25. The Bertz CT molecular complexity index is 607. The molecule has 1 heterocycles. The van der Waals surface area contributed by atoms with Crippen LogP contribution in [0.5, 0.6) is 0 Å². The molecule has 1 aliphatic rings. The van der Waals surface area contributed by atoms with Gasteiger partial charge in [-0.15, -0.1) is 11.3 Å². The molecular weight excluding hydrogens is 268 g/mol. The molecule has 0 aliphatic heterocycles. The molecule has 106 valence electrons. The number of hydrogen-bond acceptors (Lipinski definition) is 3. The van der Waals surface area contributed by atoms with Crippen molar-refractivity contribution in [3.8, 4) is 0 Å². The van der Waals surface area contributed by atoms with Crippen molar-refractivity contribution in [2.24, 2.45) is 17.6 Å². The molecule has 0 saturated heterocycles. The van der Waals surface area contributed by atoms with E-state index in [-0.39, 0.29) is 11.8 Å². The SMILES string of the molecule is NC[C@H]1CCC[C@H]1C(=O)NCc1csc2ccccc12. The normalized spacial score (nSPS) is 22.2. The van der Waals surface area contributed by atoms with Gasteiger partial charge in [-0.2, -0.15) is 0 Å². The molecule has 1 aromatic carbocycles. The first-order valence-corrected chi connectivity index (χ1v) is 8.10. The molecule has 0 unspecified atom stereocenters. The highest BCUT2D eigenvalue weighted by molar-refractivity contribution is 7.17. The van der Waals surface area contributed by atoms with Crippen molar-refractivity contribution in [2.45, 2.75) is 25.8 Å². The van der Waals surface area contributed by atoms with E-state index in [4.69, 9.17) is 5.73 Å². The Morgan fingerprint density at radius 2 is 2.20 bits per heavy atom. The van der Waals surface area contributed by atoms with Gasteiger partial charge in [0.05, 0.1) is 0 Å². The number of nitrogens with one attached hydrogen (secondary N) is 1. The zero-order chi connectivity index (χ0) is 13.9. The zero-order valence-corrected chi connectivity index (χ0v) is 12.3. The van der Waals surface area contributed by atoms with Crippen LogP contribution in [0.15, 0.2) is 29.6 Å². The lowest BCUT2D eigenvalue weighted by atomic mass is 9.95. The summed E-state index contributed by atoms with van der Waals surface area (Å²) in [4.78, 5) is 12.3. The number of fused-ring (bicyclic) bond motifs is 1. The lowest BCUT2D eigenvalue weighted by molar-refractivity contribution is -0.126. The first-order chi connectivity index (χ1) is 9.79. The number of thiophene rings is 1. The van der Waals surface area contributed by atoms with Crippen LogP contribution in [0.2, 0.25) is 0 Å². The number of carbonyl (C=O) groups is 1. The van der Waals surface area contributed by atoms with E-state index < -0.39 is 0 Å². The average molecular weight is 288 g/mol. The highest BCUT2D eigenvalue weighted by atomic mass is 32.1. The molecule has 1 aromatic heterocycles. The van der Waals surface area contributed by atoms with Crippen LogP contribution < -0.4 is 11.1 Å². The van der Waals surface area contributed by atoms with Crippen LogP contribution >= 0.6 is 11.3 Å². The summed E-state index contributed by atoms with van der Waals surface area (Å²) in [5.41, 5.74) is 6.96. The van der Waals surface area contributed by atoms with E-state index in [1.165, 1.54) is 15.6 Å². The quantitative estimate of drug-likeness (QED) is 0.909. The molecule has 1 saturated carbocycles. The third kappa shape index (κ3) is 2.58. The predicted octanol–water partition coefficient (Wildman–Crippen LogP) is 2.89. The van der Waals surface area contributed by atoms with E-state index in [0.29, 0.717) is 19.0 Å². The van der Waals surface area contributed by atoms with Crippen LogP contribution in [0.25, 0.3) is 10.1 Å². The second-order valence-electron chi connectivity index (χ2n) is 5.51. The van der Waals surface area contributed by atoms with E-state index in [0.717, 1.165) is 19.3 Å². The van der Waals surface area contributed by atoms with E-state index in [9.17, 15) is 4.79 Å². The summed E-state index contributed by atoms with van der Waals surface area (Å²) in [6.07, 6.45) is 3.20. The van der Waals surface area contributed by atoms with Crippen molar-refractivity contribution in [1.82, 2.24) is 5.32 Å². The summed E-state index contributed by atoms with van der Waals surface area (Å²) < 4.78 is 1.28. The topological polar surface area (TPSA) is 55.1 Å². The summed E-state index contributed by atoms with van der Waals surface area (Å²) in [5.74, 6) is 0.660. The van der Waals surface area contributed by atoms with Crippen molar-refractivity contribution >= 4 is 27.3 Å².